The quantitative estimate of drug-likeness (QED) is 0.291. The zero-order valence-corrected chi connectivity index (χ0v) is 22.2. The van der Waals surface area contributed by atoms with Crippen LogP contribution in [0.15, 0.2) is 56.5 Å². The Morgan fingerprint density at radius 1 is 1.26 bits per heavy atom. The van der Waals surface area contributed by atoms with Crippen molar-refractivity contribution in [1.82, 2.24) is 10.3 Å². The number of piperidine rings is 1. The number of carboxylic acids is 1. The van der Waals surface area contributed by atoms with Crippen LogP contribution in [-0.4, -0.2) is 47.6 Å². The van der Waals surface area contributed by atoms with Gasteiger partial charge in [-0.1, -0.05) is 17.7 Å². The van der Waals surface area contributed by atoms with Gasteiger partial charge in [-0.05, 0) is 31.9 Å². The molecule has 0 bridgehead atoms. The number of carbonyl (C=O) groups is 2. The number of amidine groups is 1. The summed E-state index contributed by atoms with van der Waals surface area (Å²) >= 11 is 7.57. The van der Waals surface area contributed by atoms with Crippen molar-refractivity contribution in [1.29, 1.82) is 0 Å². The average Bonchev–Trinajstić information content (AvgIpc) is 3.65. The number of allylic oxidation sites excluding steroid dienone is 1. The molecule has 2 N–H and O–H groups in total. The Bertz CT molecular complexity index is 1460. The topological polar surface area (TPSA) is 117 Å². The fourth-order valence-electron chi connectivity index (χ4n) is 4.75. The second kappa shape index (κ2) is 11.1. The molecule has 0 saturated carbocycles. The number of hydrogen-bond donors (Lipinski definition) is 2. The van der Waals surface area contributed by atoms with Gasteiger partial charge in [-0.15, -0.1) is 11.3 Å². The van der Waals surface area contributed by atoms with Crippen molar-refractivity contribution in [3.8, 4) is 0 Å². The van der Waals surface area contributed by atoms with E-state index < -0.39 is 34.6 Å². The fourth-order valence-corrected chi connectivity index (χ4v) is 5.59. The van der Waals surface area contributed by atoms with Crippen LogP contribution >= 0.6 is 22.9 Å². The monoisotopic (exact) mass is 576 g/mol. The number of esters is 1. The molecular formula is C26H23ClF2N4O5S. The molecule has 0 spiro atoms. The first-order valence-electron chi connectivity index (χ1n) is 12.2. The molecule has 9 nitrogen and oxygen atoms in total. The number of carbonyl (C=O) groups excluding carboxylic acids is 1. The second-order valence-electron chi connectivity index (χ2n) is 8.86. The number of aromatic nitrogens is 1. The summed E-state index contributed by atoms with van der Waals surface area (Å²) in [5, 5.41) is 14.3. The van der Waals surface area contributed by atoms with Crippen molar-refractivity contribution >= 4 is 46.6 Å². The molecule has 1 atom stereocenters. The maximum atomic E-state index is 14.5. The van der Waals surface area contributed by atoms with Gasteiger partial charge in [0.25, 0.3) is 0 Å². The molecule has 3 aromatic rings. The highest BCUT2D eigenvalue weighted by atomic mass is 35.5. The number of furan rings is 1. The Kier molecular flexibility index (Phi) is 7.67. The lowest BCUT2D eigenvalue weighted by Gasteiger charge is -2.36. The van der Waals surface area contributed by atoms with Crippen LogP contribution in [0.1, 0.15) is 46.9 Å². The molecule has 1 aromatic carbocycles. The summed E-state index contributed by atoms with van der Waals surface area (Å²) in [6.45, 7) is 2.79. The largest absolute Gasteiger partial charge is 0.475 e. The third-order valence-corrected chi connectivity index (χ3v) is 7.75. The molecule has 1 unspecified atom stereocenters. The van der Waals surface area contributed by atoms with Gasteiger partial charge in [0.05, 0.1) is 17.2 Å². The summed E-state index contributed by atoms with van der Waals surface area (Å²) in [5.41, 5.74) is 0.834. The van der Waals surface area contributed by atoms with Gasteiger partial charge in [0.2, 0.25) is 5.76 Å². The van der Waals surface area contributed by atoms with E-state index >= 15 is 0 Å². The average molecular weight is 577 g/mol. The molecule has 0 radical (unpaired) electrons. The third-order valence-electron chi connectivity index (χ3n) is 6.58. The zero-order valence-electron chi connectivity index (χ0n) is 20.6. The SMILES string of the molecule is CCOC(=O)C1=C(C2CCN(c3ccc(C(=O)O)o3)CC2)NC(c2nccs2)=NC1c1ccc(F)c(F)c1Cl. The van der Waals surface area contributed by atoms with Crippen LogP contribution in [-0.2, 0) is 9.53 Å². The van der Waals surface area contributed by atoms with Crippen molar-refractivity contribution in [2.45, 2.75) is 25.8 Å². The van der Waals surface area contributed by atoms with E-state index in [4.69, 9.17) is 25.9 Å². The minimum atomic E-state index is -1.23. The lowest BCUT2D eigenvalue weighted by Crippen LogP contribution is -2.41. The molecule has 13 heteroatoms. The summed E-state index contributed by atoms with van der Waals surface area (Å²) in [5.74, 6) is -3.64. The first-order valence-corrected chi connectivity index (χ1v) is 13.4. The first-order chi connectivity index (χ1) is 18.8. The zero-order chi connectivity index (χ0) is 27.7. The van der Waals surface area contributed by atoms with Crippen LogP contribution in [0.5, 0.6) is 0 Å². The molecule has 39 heavy (non-hydrogen) atoms. The highest BCUT2D eigenvalue weighted by molar-refractivity contribution is 7.11. The maximum Gasteiger partial charge on any atom is 0.371 e. The van der Waals surface area contributed by atoms with Gasteiger partial charge >= 0.3 is 11.9 Å². The number of nitrogens with zero attached hydrogens (tertiary/aromatic N) is 3. The van der Waals surface area contributed by atoms with Crippen molar-refractivity contribution in [3.63, 3.8) is 0 Å². The van der Waals surface area contributed by atoms with Gasteiger partial charge in [0.1, 0.15) is 6.04 Å². The number of thiazole rings is 1. The van der Waals surface area contributed by atoms with E-state index in [1.165, 1.54) is 23.5 Å². The third kappa shape index (κ3) is 5.26. The van der Waals surface area contributed by atoms with Crippen molar-refractivity contribution in [2.75, 3.05) is 24.6 Å². The molecule has 4 heterocycles. The van der Waals surface area contributed by atoms with Crippen LogP contribution in [0.4, 0.5) is 14.7 Å². The van der Waals surface area contributed by atoms with E-state index in [9.17, 15) is 18.4 Å². The van der Waals surface area contributed by atoms with Gasteiger partial charge in [-0.25, -0.2) is 23.4 Å². The summed E-state index contributed by atoms with van der Waals surface area (Å²) in [6.07, 6.45) is 2.75. The van der Waals surface area contributed by atoms with Gasteiger partial charge in [0.15, 0.2) is 28.4 Å². The molecule has 1 fully saturated rings. The van der Waals surface area contributed by atoms with E-state index in [2.05, 4.69) is 15.3 Å². The lowest BCUT2D eigenvalue weighted by molar-refractivity contribution is -0.139. The first kappa shape index (κ1) is 26.8. The molecule has 1 saturated heterocycles. The Morgan fingerprint density at radius 2 is 2.03 bits per heavy atom. The summed E-state index contributed by atoms with van der Waals surface area (Å²) in [4.78, 5) is 35.5. The molecule has 2 aliphatic heterocycles. The van der Waals surface area contributed by atoms with Crippen LogP contribution in [0.2, 0.25) is 5.02 Å². The number of carboxylic acid groups (broad SMARTS) is 1. The van der Waals surface area contributed by atoms with Crippen LogP contribution in [0.3, 0.4) is 0 Å². The van der Waals surface area contributed by atoms with Gasteiger partial charge < -0.3 is 24.5 Å². The number of halogens is 3. The molecule has 0 amide bonds. The normalized spacial score (nSPS) is 18.1. The van der Waals surface area contributed by atoms with Crippen molar-refractivity contribution < 1.29 is 32.6 Å². The summed E-state index contributed by atoms with van der Waals surface area (Å²) in [6, 6.07) is 4.22. The fraction of sp³-hybridized carbons (Fsp3) is 0.308. The number of aromatic carboxylic acids is 1. The van der Waals surface area contributed by atoms with Gasteiger partial charge in [0, 0.05) is 47.9 Å². The number of benzene rings is 1. The standard InChI is InChI=1S/C26H23ClF2N4O5S/c1-2-37-26(36)18-21(13-7-10-33(11-8-13)17-6-5-16(38-17)25(34)35)31-23(24-30-9-12-39-24)32-22(18)14-3-4-15(28)20(29)19(14)27/h3-6,9,12-13,22H,2,7-8,10-11H2,1H3,(H,31,32)(H,34,35). The predicted molar refractivity (Wildman–Crippen MR) is 140 cm³/mol. The van der Waals surface area contributed by atoms with Crippen LogP contribution in [0.25, 0.3) is 0 Å². The number of ether oxygens (including phenoxy) is 1. The summed E-state index contributed by atoms with van der Waals surface area (Å²) in [7, 11) is 0. The van der Waals surface area contributed by atoms with E-state index in [-0.39, 0.29) is 29.4 Å². The number of hydrogen-bond acceptors (Lipinski definition) is 9. The Labute approximate surface area is 230 Å². The Hall–Kier alpha value is -3.77. The minimum Gasteiger partial charge on any atom is -0.475 e. The van der Waals surface area contributed by atoms with Crippen molar-refractivity contribution in [2.24, 2.45) is 10.9 Å². The number of rotatable bonds is 7. The highest BCUT2D eigenvalue weighted by Crippen LogP contribution is 2.41. The van der Waals surface area contributed by atoms with E-state index in [1.54, 1.807) is 24.6 Å². The minimum absolute atomic E-state index is 0.0970. The van der Waals surface area contributed by atoms with E-state index in [1.807, 2.05) is 4.90 Å². The molecule has 5 rings (SSSR count). The second-order valence-corrected chi connectivity index (χ2v) is 10.1. The Morgan fingerprint density at radius 3 is 2.67 bits per heavy atom. The van der Waals surface area contributed by atoms with Crippen LogP contribution < -0.4 is 10.2 Å². The maximum absolute atomic E-state index is 14.5. The van der Waals surface area contributed by atoms with E-state index in [0.29, 0.717) is 48.4 Å². The van der Waals surface area contributed by atoms with Gasteiger partial charge in [-0.2, -0.15) is 0 Å². The molecular weight excluding hydrogens is 554 g/mol. The smallest absolute Gasteiger partial charge is 0.371 e. The Balaban J connectivity index is 1.54. The molecule has 0 aliphatic carbocycles. The number of aliphatic imine (C=N–C) groups is 1. The van der Waals surface area contributed by atoms with Crippen LogP contribution in [0, 0.1) is 17.6 Å². The number of nitrogens with one attached hydrogen (secondary N) is 1. The molecule has 2 aromatic heterocycles. The predicted octanol–water partition coefficient (Wildman–Crippen LogP) is 5.19. The molecule has 2 aliphatic rings. The number of anilines is 1. The van der Waals surface area contributed by atoms with E-state index in [0.717, 1.165) is 6.07 Å². The van der Waals surface area contributed by atoms with Crippen molar-refractivity contribution in [3.05, 3.63) is 80.1 Å². The highest BCUT2D eigenvalue weighted by Gasteiger charge is 2.38. The van der Waals surface area contributed by atoms with Gasteiger partial charge in [-0.3, -0.25) is 4.99 Å². The lowest BCUT2D eigenvalue weighted by atomic mass is 9.85. The molecule has 204 valence electrons. The summed E-state index contributed by atoms with van der Waals surface area (Å²) < 4.78 is 39.3.